The van der Waals surface area contributed by atoms with Crippen molar-refractivity contribution in [1.82, 2.24) is 0 Å². The van der Waals surface area contributed by atoms with Crippen molar-refractivity contribution in [3.63, 3.8) is 0 Å². The molecular formula is C29H28O3. The lowest BCUT2D eigenvalue weighted by Crippen LogP contribution is -2.27. The predicted octanol–water partition coefficient (Wildman–Crippen LogP) is 6.95. The first-order valence-electron chi connectivity index (χ1n) is 11.2. The van der Waals surface area contributed by atoms with Crippen LogP contribution in [0.5, 0.6) is 17.2 Å². The summed E-state index contributed by atoms with van der Waals surface area (Å²) in [7, 11) is 0. The van der Waals surface area contributed by atoms with Gasteiger partial charge in [-0.15, -0.1) is 0 Å². The van der Waals surface area contributed by atoms with Gasteiger partial charge in [0.25, 0.3) is 0 Å². The van der Waals surface area contributed by atoms with Crippen LogP contribution < -0.4 is 14.2 Å². The van der Waals surface area contributed by atoms with Crippen molar-refractivity contribution in [1.29, 1.82) is 0 Å². The van der Waals surface area contributed by atoms with Crippen molar-refractivity contribution in [3.8, 4) is 17.2 Å². The van der Waals surface area contributed by atoms with E-state index >= 15 is 0 Å². The average molecular weight is 425 g/mol. The molecule has 0 radical (unpaired) electrons. The van der Waals surface area contributed by atoms with E-state index < -0.39 is 0 Å². The molecule has 32 heavy (non-hydrogen) atoms. The molecule has 3 nitrogen and oxygen atoms in total. The van der Waals surface area contributed by atoms with Crippen molar-refractivity contribution < 1.29 is 14.2 Å². The van der Waals surface area contributed by atoms with Gasteiger partial charge in [-0.25, -0.2) is 0 Å². The maximum absolute atomic E-state index is 6.29. The molecule has 0 saturated carbocycles. The summed E-state index contributed by atoms with van der Waals surface area (Å²) in [5.74, 6) is 2.65. The fourth-order valence-corrected chi connectivity index (χ4v) is 4.16. The van der Waals surface area contributed by atoms with Gasteiger partial charge in [-0.3, -0.25) is 0 Å². The molecule has 0 N–H and O–H groups in total. The van der Waals surface area contributed by atoms with Gasteiger partial charge >= 0.3 is 0 Å². The Bertz CT molecular complexity index is 1200. The van der Waals surface area contributed by atoms with Gasteiger partial charge in [0, 0.05) is 16.7 Å². The summed E-state index contributed by atoms with van der Waals surface area (Å²) < 4.78 is 18.7. The standard InChI is InChI=1S/C29H28O3/c1-4-20-10-12-24(27(16-20)30-18-21-8-6-5-7-9-21)23-17-22-11-13-26-25(28(22)31-19-23)14-15-29(2,3)32-26/h5-17H,4,18-19H2,1-3H3. The van der Waals surface area contributed by atoms with Crippen LogP contribution in [0.25, 0.3) is 17.7 Å². The van der Waals surface area contributed by atoms with Gasteiger partial charge in [-0.1, -0.05) is 49.4 Å². The van der Waals surface area contributed by atoms with Crippen molar-refractivity contribution in [2.24, 2.45) is 0 Å². The lowest BCUT2D eigenvalue weighted by Gasteiger charge is -2.30. The molecule has 2 aliphatic rings. The van der Waals surface area contributed by atoms with Crippen molar-refractivity contribution >= 4 is 17.7 Å². The molecular weight excluding hydrogens is 396 g/mol. The SMILES string of the molecule is CCc1ccc(C2=Cc3ccc4c(c3OC2)C=CC(C)(C)O4)c(OCc2ccccc2)c1. The van der Waals surface area contributed by atoms with Crippen molar-refractivity contribution in [2.75, 3.05) is 6.61 Å². The van der Waals surface area contributed by atoms with E-state index in [0.29, 0.717) is 13.2 Å². The molecule has 3 aromatic rings. The summed E-state index contributed by atoms with van der Waals surface area (Å²) >= 11 is 0. The molecule has 3 aromatic carbocycles. The van der Waals surface area contributed by atoms with Crippen LogP contribution in [0.15, 0.2) is 66.7 Å². The van der Waals surface area contributed by atoms with Crippen LogP contribution in [0.4, 0.5) is 0 Å². The molecule has 0 amide bonds. The fourth-order valence-electron chi connectivity index (χ4n) is 4.16. The minimum absolute atomic E-state index is 0.303. The average Bonchev–Trinajstić information content (AvgIpc) is 2.82. The highest BCUT2D eigenvalue weighted by molar-refractivity contribution is 5.89. The molecule has 0 fully saturated rings. The number of hydrogen-bond donors (Lipinski definition) is 0. The molecule has 0 atom stereocenters. The zero-order chi connectivity index (χ0) is 22.1. The van der Waals surface area contributed by atoms with Crippen molar-refractivity contribution in [3.05, 3.63) is 94.6 Å². The predicted molar refractivity (Wildman–Crippen MR) is 130 cm³/mol. The third-order valence-corrected chi connectivity index (χ3v) is 5.95. The Morgan fingerprint density at radius 3 is 2.62 bits per heavy atom. The molecule has 0 aliphatic carbocycles. The molecule has 0 spiro atoms. The first kappa shape index (κ1) is 20.4. The maximum atomic E-state index is 6.29. The Balaban J connectivity index is 1.48. The van der Waals surface area contributed by atoms with E-state index in [2.05, 4.69) is 75.4 Å². The number of ether oxygens (including phenoxy) is 3. The summed E-state index contributed by atoms with van der Waals surface area (Å²) in [4.78, 5) is 0. The van der Waals surface area contributed by atoms with Crippen LogP contribution in [-0.2, 0) is 13.0 Å². The van der Waals surface area contributed by atoms with Gasteiger partial charge in [0.05, 0.1) is 5.56 Å². The third-order valence-electron chi connectivity index (χ3n) is 5.95. The van der Waals surface area contributed by atoms with Gasteiger partial charge < -0.3 is 14.2 Å². The summed E-state index contributed by atoms with van der Waals surface area (Å²) in [5, 5.41) is 0. The van der Waals surface area contributed by atoms with Crippen LogP contribution in [0.3, 0.4) is 0 Å². The first-order chi connectivity index (χ1) is 15.5. The smallest absolute Gasteiger partial charge is 0.137 e. The number of rotatable bonds is 5. The van der Waals surface area contributed by atoms with Crippen molar-refractivity contribution in [2.45, 2.75) is 39.4 Å². The third kappa shape index (κ3) is 4.03. The van der Waals surface area contributed by atoms with E-state index in [1.807, 2.05) is 24.3 Å². The Morgan fingerprint density at radius 2 is 1.81 bits per heavy atom. The second-order valence-corrected chi connectivity index (χ2v) is 8.85. The molecule has 2 heterocycles. The molecule has 0 unspecified atom stereocenters. The van der Waals surface area contributed by atoms with E-state index in [9.17, 15) is 0 Å². The number of aryl methyl sites for hydroxylation is 1. The zero-order valence-electron chi connectivity index (χ0n) is 18.9. The topological polar surface area (TPSA) is 27.7 Å². The van der Waals surface area contributed by atoms with Crippen LogP contribution >= 0.6 is 0 Å². The Morgan fingerprint density at radius 1 is 0.969 bits per heavy atom. The van der Waals surface area contributed by atoms with Gasteiger partial charge in [0.1, 0.15) is 36.1 Å². The number of benzene rings is 3. The van der Waals surface area contributed by atoms with Gasteiger partial charge in [0.2, 0.25) is 0 Å². The van der Waals surface area contributed by atoms with Crippen LogP contribution in [0.2, 0.25) is 0 Å². The Labute approximate surface area is 190 Å². The molecule has 0 saturated heterocycles. The fraction of sp³-hybridized carbons (Fsp3) is 0.241. The molecule has 2 aliphatic heterocycles. The second kappa shape index (κ2) is 8.23. The quantitative estimate of drug-likeness (QED) is 0.444. The highest BCUT2D eigenvalue weighted by atomic mass is 16.5. The summed E-state index contributed by atoms with van der Waals surface area (Å²) in [6.07, 6.45) is 7.37. The largest absolute Gasteiger partial charge is 0.488 e. The van der Waals surface area contributed by atoms with Crippen LogP contribution in [0, 0.1) is 0 Å². The molecule has 0 bridgehead atoms. The Hall–Kier alpha value is -3.46. The van der Waals surface area contributed by atoms with E-state index in [1.165, 1.54) is 5.56 Å². The highest BCUT2D eigenvalue weighted by Crippen LogP contribution is 2.43. The van der Waals surface area contributed by atoms with Gasteiger partial charge in [-0.05, 0) is 67.8 Å². The lowest BCUT2D eigenvalue weighted by molar-refractivity contribution is 0.158. The maximum Gasteiger partial charge on any atom is 0.137 e. The number of fused-ring (bicyclic) bond motifs is 3. The summed E-state index contributed by atoms with van der Waals surface area (Å²) in [6, 6.07) is 20.9. The second-order valence-electron chi connectivity index (χ2n) is 8.85. The molecule has 5 rings (SSSR count). The van der Waals surface area contributed by atoms with E-state index in [-0.39, 0.29) is 5.60 Å². The normalized spacial score (nSPS) is 15.7. The summed E-state index contributed by atoms with van der Waals surface area (Å²) in [5.41, 5.74) is 6.38. The van der Waals surface area contributed by atoms with E-state index in [1.54, 1.807) is 0 Å². The minimum atomic E-state index is -0.303. The van der Waals surface area contributed by atoms with Gasteiger partial charge in [-0.2, -0.15) is 0 Å². The van der Waals surface area contributed by atoms with Gasteiger partial charge in [0.15, 0.2) is 0 Å². The van der Waals surface area contributed by atoms with Crippen LogP contribution in [-0.4, -0.2) is 12.2 Å². The molecule has 3 heteroatoms. The number of hydrogen-bond acceptors (Lipinski definition) is 3. The minimum Gasteiger partial charge on any atom is -0.488 e. The molecule has 162 valence electrons. The van der Waals surface area contributed by atoms with Crippen LogP contribution in [0.1, 0.15) is 48.6 Å². The monoisotopic (exact) mass is 424 g/mol. The first-order valence-corrected chi connectivity index (χ1v) is 11.2. The Kier molecular flexibility index (Phi) is 5.26. The summed E-state index contributed by atoms with van der Waals surface area (Å²) in [6.45, 7) is 7.31. The zero-order valence-corrected chi connectivity index (χ0v) is 18.9. The molecule has 0 aromatic heterocycles. The van der Waals surface area contributed by atoms with E-state index in [4.69, 9.17) is 14.2 Å². The lowest BCUT2D eigenvalue weighted by atomic mass is 9.95. The highest BCUT2D eigenvalue weighted by Gasteiger charge is 2.27. The van der Waals surface area contributed by atoms with E-state index in [0.717, 1.165) is 51.5 Å².